The van der Waals surface area contributed by atoms with E-state index in [2.05, 4.69) is 5.32 Å². The highest BCUT2D eigenvalue weighted by Crippen LogP contribution is 2.33. The van der Waals surface area contributed by atoms with Gasteiger partial charge < -0.3 is 10.4 Å². The molecule has 0 radical (unpaired) electrons. The molecule has 1 rings (SSSR count). The minimum Gasteiger partial charge on any atom is -0.391 e. The summed E-state index contributed by atoms with van der Waals surface area (Å²) in [5.41, 5.74) is -1.15. The highest BCUT2D eigenvalue weighted by atomic mass is 19.4. The Morgan fingerprint density at radius 1 is 1.44 bits per heavy atom. The number of halogens is 3. The number of anilines is 1. The maximum absolute atomic E-state index is 12.7. The highest BCUT2D eigenvalue weighted by Gasteiger charge is 2.33. The van der Waals surface area contributed by atoms with Crippen LogP contribution in [0.1, 0.15) is 24.5 Å². The summed E-state index contributed by atoms with van der Waals surface area (Å²) in [4.78, 5) is 0. The van der Waals surface area contributed by atoms with Gasteiger partial charge in [0.25, 0.3) is 0 Å². The molecule has 3 nitrogen and oxygen atoms in total. The number of hydrogen-bond acceptors (Lipinski definition) is 3. The van der Waals surface area contributed by atoms with Crippen LogP contribution in [-0.2, 0) is 6.18 Å². The Morgan fingerprint density at radius 3 is 2.61 bits per heavy atom. The van der Waals surface area contributed by atoms with Crippen molar-refractivity contribution in [2.24, 2.45) is 0 Å². The molecule has 0 bridgehead atoms. The van der Waals surface area contributed by atoms with E-state index in [1.54, 1.807) is 6.92 Å². The van der Waals surface area contributed by atoms with Gasteiger partial charge in [0.05, 0.1) is 23.3 Å². The van der Waals surface area contributed by atoms with Crippen molar-refractivity contribution in [2.75, 3.05) is 11.9 Å². The molecule has 0 aromatic heterocycles. The van der Waals surface area contributed by atoms with E-state index >= 15 is 0 Å². The Labute approximate surface area is 103 Å². The van der Waals surface area contributed by atoms with E-state index in [0.29, 0.717) is 6.42 Å². The number of hydrogen-bond donors (Lipinski definition) is 2. The number of aliphatic hydroxyl groups is 1. The van der Waals surface area contributed by atoms with Gasteiger partial charge >= 0.3 is 6.18 Å². The number of nitriles is 1. The Kier molecular flexibility index (Phi) is 4.56. The van der Waals surface area contributed by atoms with Gasteiger partial charge in [0.15, 0.2) is 0 Å². The summed E-state index contributed by atoms with van der Waals surface area (Å²) in [5, 5.41) is 20.6. The fraction of sp³-hybridized carbons (Fsp3) is 0.417. The van der Waals surface area contributed by atoms with Crippen LogP contribution in [0.25, 0.3) is 0 Å². The summed E-state index contributed by atoms with van der Waals surface area (Å²) in [6.45, 7) is 1.94. The lowest BCUT2D eigenvalue weighted by Gasteiger charge is -2.14. The minimum absolute atomic E-state index is 0.166. The molecule has 0 aliphatic carbocycles. The molecule has 0 saturated carbocycles. The van der Waals surface area contributed by atoms with Crippen molar-refractivity contribution < 1.29 is 18.3 Å². The molecule has 1 aromatic rings. The molecule has 98 valence electrons. The highest BCUT2D eigenvalue weighted by molar-refractivity contribution is 5.53. The smallest absolute Gasteiger partial charge is 0.391 e. The zero-order valence-electron chi connectivity index (χ0n) is 9.75. The van der Waals surface area contributed by atoms with Gasteiger partial charge in [-0.2, -0.15) is 18.4 Å². The molecule has 0 spiro atoms. The van der Waals surface area contributed by atoms with Gasteiger partial charge in [0.2, 0.25) is 0 Å². The average Bonchev–Trinajstić information content (AvgIpc) is 2.34. The summed E-state index contributed by atoms with van der Waals surface area (Å²) in [6.07, 6.45) is -4.67. The molecule has 1 unspecified atom stereocenters. The predicted molar refractivity (Wildman–Crippen MR) is 60.9 cm³/mol. The summed E-state index contributed by atoms with van der Waals surface area (Å²) in [7, 11) is 0. The first-order chi connectivity index (χ1) is 8.38. The molecule has 0 saturated heterocycles. The van der Waals surface area contributed by atoms with Crippen LogP contribution >= 0.6 is 0 Å². The van der Waals surface area contributed by atoms with Crippen molar-refractivity contribution in [1.29, 1.82) is 5.26 Å². The number of aliphatic hydroxyl groups excluding tert-OH is 1. The second-order valence-corrected chi connectivity index (χ2v) is 3.81. The van der Waals surface area contributed by atoms with Gasteiger partial charge in [-0.15, -0.1) is 0 Å². The van der Waals surface area contributed by atoms with Crippen LogP contribution in [0.3, 0.4) is 0 Å². The molecule has 2 N–H and O–H groups in total. The Bertz CT molecular complexity index is 452. The largest absolute Gasteiger partial charge is 0.417 e. The van der Waals surface area contributed by atoms with E-state index in [4.69, 9.17) is 5.26 Å². The first kappa shape index (κ1) is 14.3. The summed E-state index contributed by atoms with van der Waals surface area (Å²) in [5.74, 6) is 0. The molecule has 1 aromatic carbocycles. The van der Waals surface area contributed by atoms with Gasteiger partial charge in [-0.05, 0) is 24.6 Å². The number of nitrogens with one attached hydrogen (secondary N) is 1. The molecule has 1 atom stereocenters. The maximum Gasteiger partial charge on any atom is 0.417 e. The maximum atomic E-state index is 12.7. The molecule has 18 heavy (non-hydrogen) atoms. The predicted octanol–water partition coefficient (Wildman–Crippen LogP) is 2.76. The number of nitrogens with zero attached hydrogens (tertiary/aromatic N) is 1. The van der Waals surface area contributed by atoms with Crippen molar-refractivity contribution >= 4 is 5.69 Å². The Balaban J connectivity index is 2.94. The van der Waals surface area contributed by atoms with Crippen LogP contribution in [0.15, 0.2) is 18.2 Å². The quantitative estimate of drug-likeness (QED) is 0.873. The van der Waals surface area contributed by atoms with Crippen molar-refractivity contribution in [2.45, 2.75) is 25.6 Å². The zero-order valence-corrected chi connectivity index (χ0v) is 9.75. The Morgan fingerprint density at radius 2 is 2.11 bits per heavy atom. The molecular weight excluding hydrogens is 245 g/mol. The third kappa shape index (κ3) is 3.64. The van der Waals surface area contributed by atoms with Crippen LogP contribution in [0.4, 0.5) is 18.9 Å². The topological polar surface area (TPSA) is 56.0 Å². The van der Waals surface area contributed by atoms with Gasteiger partial charge in [-0.25, -0.2) is 0 Å². The van der Waals surface area contributed by atoms with Gasteiger partial charge in [-0.1, -0.05) is 6.92 Å². The monoisotopic (exact) mass is 258 g/mol. The zero-order chi connectivity index (χ0) is 13.8. The summed E-state index contributed by atoms with van der Waals surface area (Å²) >= 11 is 0. The number of rotatable bonds is 4. The molecular formula is C12H13F3N2O. The first-order valence-corrected chi connectivity index (χ1v) is 5.41. The van der Waals surface area contributed by atoms with E-state index < -0.39 is 23.4 Å². The molecule has 6 heteroatoms. The van der Waals surface area contributed by atoms with Crippen LogP contribution in [0.2, 0.25) is 0 Å². The number of alkyl halides is 3. The summed E-state index contributed by atoms with van der Waals surface area (Å²) < 4.78 is 38.0. The lowest BCUT2D eigenvalue weighted by Crippen LogP contribution is -2.18. The molecule has 0 amide bonds. The molecule has 0 fully saturated rings. The van der Waals surface area contributed by atoms with Crippen LogP contribution < -0.4 is 5.32 Å². The second kappa shape index (κ2) is 5.74. The molecule has 0 heterocycles. The van der Waals surface area contributed by atoms with Gasteiger partial charge in [0, 0.05) is 12.2 Å². The standard InChI is InChI=1S/C12H13F3N2O/c1-2-10(18)7-17-9-4-3-8(6-16)11(5-9)12(13,14)15/h3-5,10,17-18H,2,7H2,1H3. The first-order valence-electron chi connectivity index (χ1n) is 5.41. The second-order valence-electron chi connectivity index (χ2n) is 3.81. The van der Waals surface area contributed by atoms with Crippen molar-refractivity contribution in [3.05, 3.63) is 29.3 Å². The van der Waals surface area contributed by atoms with E-state index in [-0.39, 0.29) is 12.2 Å². The molecule has 0 aliphatic rings. The fourth-order valence-corrected chi connectivity index (χ4v) is 1.37. The van der Waals surface area contributed by atoms with Crippen LogP contribution in [0, 0.1) is 11.3 Å². The lowest BCUT2D eigenvalue weighted by atomic mass is 10.1. The van der Waals surface area contributed by atoms with E-state index in [1.807, 2.05) is 0 Å². The fourth-order valence-electron chi connectivity index (χ4n) is 1.37. The van der Waals surface area contributed by atoms with Crippen molar-refractivity contribution in [3.8, 4) is 6.07 Å². The normalized spacial score (nSPS) is 12.9. The van der Waals surface area contributed by atoms with Crippen LogP contribution in [0.5, 0.6) is 0 Å². The van der Waals surface area contributed by atoms with E-state index in [0.717, 1.165) is 12.1 Å². The van der Waals surface area contributed by atoms with E-state index in [1.165, 1.54) is 12.1 Å². The van der Waals surface area contributed by atoms with Gasteiger partial charge in [-0.3, -0.25) is 0 Å². The summed E-state index contributed by atoms with van der Waals surface area (Å²) in [6, 6.07) is 4.88. The van der Waals surface area contributed by atoms with Crippen LogP contribution in [-0.4, -0.2) is 17.8 Å². The van der Waals surface area contributed by atoms with Crippen molar-refractivity contribution in [1.82, 2.24) is 0 Å². The third-order valence-electron chi connectivity index (χ3n) is 2.46. The third-order valence-corrected chi connectivity index (χ3v) is 2.46. The SMILES string of the molecule is CCC(O)CNc1ccc(C#N)c(C(F)(F)F)c1. The minimum atomic E-state index is -4.56. The lowest BCUT2D eigenvalue weighted by molar-refractivity contribution is -0.137. The Hall–Kier alpha value is -1.74. The van der Waals surface area contributed by atoms with Crippen molar-refractivity contribution in [3.63, 3.8) is 0 Å². The molecule has 0 aliphatic heterocycles. The average molecular weight is 258 g/mol. The van der Waals surface area contributed by atoms with Gasteiger partial charge in [0.1, 0.15) is 0 Å². The number of benzene rings is 1. The van der Waals surface area contributed by atoms with E-state index in [9.17, 15) is 18.3 Å².